The molecule has 0 bridgehead atoms. The molecule has 0 aliphatic rings. The summed E-state index contributed by atoms with van der Waals surface area (Å²) in [6.45, 7) is 4.18. The monoisotopic (exact) mass is 232 g/mol. The zero-order chi connectivity index (χ0) is 12.3. The minimum absolute atomic E-state index is 0.263. The van der Waals surface area contributed by atoms with Gasteiger partial charge in [-0.25, -0.2) is 0 Å². The summed E-state index contributed by atoms with van der Waals surface area (Å²) in [5, 5.41) is 13.1. The largest absolute Gasteiger partial charge is 0.508 e. The van der Waals surface area contributed by atoms with Crippen molar-refractivity contribution in [1.29, 1.82) is 0 Å². The maximum Gasteiger partial charge on any atom is 0.231 e. The minimum atomic E-state index is 0.263. The van der Waals surface area contributed by atoms with Crippen LogP contribution in [0.4, 0.5) is 0 Å². The van der Waals surface area contributed by atoms with E-state index in [0.717, 1.165) is 17.8 Å². The molecule has 17 heavy (non-hydrogen) atoms. The SMILES string of the molecule is CCC(C)c1noc(Cc2ccc(O)cc2)n1. The van der Waals surface area contributed by atoms with Crippen molar-refractivity contribution in [2.24, 2.45) is 0 Å². The van der Waals surface area contributed by atoms with E-state index in [-0.39, 0.29) is 5.75 Å². The van der Waals surface area contributed by atoms with Crippen molar-refractivity contribution in [2.45, 2.75) is 32.6 Å². The maximum absolute atomic E-state index is 9.18. The van der Waals surface area contributed by atoms with Gasteiger partial charge >= 0.3 is 0 Å². The molecule has 1 N–H and O–H groups in total. The number of aromatic nitrogens is 2. The summed E-state index contributed by atoms with van der Waals surface area (Å²) in [6, 6.07) is 7.01. The molecular formula is C13H16N2O2. The molecule has 2 rings (SSSR count). The highest BCUT2D eigenvalue weighted by Gasteiger charge is 2.12. The normalized spacial score (nSPS) is 12.6. The topological polar surface area (TPSA) is 59.2 Å². The van der Waals surface area contributed by atoms with Crippen LogP contribution in [-0.4, -0.2) is 15.2 Å². The predicted octanol–water partition coefficient (Wildman–Crippen LogP) is 2.88. The number of rotatable bonds is 4. The van der Waals surface area contributed by atoms with Crippen LogP contribution in [0.5, 0.6) is 5.75 Å². The first-order valence-corrected chi connectivity index (χ1v) is 5.79. The Balaban J connectivity index is 2.08. The molecule has 0 fully saturated rings. The second-order valence-corrected chi connectivity index (χ2v) is 4.20. The summed E-state index contributed by atoms with van der Waals surface area (Å²) in [5.74, 6) is 1.97. The van der Waals surface area contributed by atoms with E-state index in [9.17, 15) is 5.11 Å². The molecule has 4 heteroatoms. The van der Waals surface area contributed by atoms with Gasteiger partial charge in [-0.05, 0) is 24.1 Å². The lowest BCUT2D eigenvalue weighted by atomic mass is 10.1. The van der Waals surface area contributed by atoms with Crippen LogP contribution < -0.4 is 0 Å². The number of phenols is 1. The highest BCUT2D eigenvalue weighted by Crippen LogP contribution is 2.17. The summed E-state index contributed by atoms with van der Waals surface area (Å²) in [4.78, 5) is 4.36. The van der Waals surface area contributed by atoms with Gasteiger partial charge < -0.3 is 9.63 Å². The second kappa shape index (κ2) is 4.99. The van der Waals surface area contributed by atoms with E-state index in [0.29, 0.717) is 18.2 Å². The molecule has 0 amide bonds. The molecule has 0 saturated carbocycles. The lowest BCUT2D eigenvalue weighted by molar-refractivity contribution is 0.376. The lowest BCUT2D eigenvalue weighted by Gasteiger charge is -1.99. The zero-order valence-corrected chi connectivity index (χ0v) is 10.1. The number of aromatic hydroxyl groups is 1. The molecule has 1 aromatic heterocycles. The Hall–Kier alpha value is -1.84. The average Bonchev–Trinajstić information content (AvgIpc) is 2.80. The lowest BCUT2D eigenvalue weighted by Crippen LogP contribution is -1.94. The Bertz CT molecular complexity index is 476. The van der Waals surface area contributed by atoms with Crippen molar-refractivity contribution in [3.8, 4) is 5.75 Å². The molecule has 2 aromatic rings. The molecular weight excluding hydrogens is 216 g/mol. The van der Waals surface area contributed by atoms with Gasteiger partial charge in [0.05, 0.1) is 6.42 Å². The summed E-state index contributed by atoms with van der Waals surface area (Å²) in [7, 11) is 0. The van der Waals surface area contributed by atoms with Gasteiger partial charge in [0.15, 0.2) is 5.82 Å². The van der Waals surface area contributed by atoms with E-state index >= 15 is 0 Å². The standard InChI is InChI=1S/C13H16N2O2/c1-3-9(2)13-14-12(17-15-13)8-10-4-6-11(16)7-5-10/h4-7,9,16H,3,8H2,1-2H3. The van der Waals surface area contributed by atoms with E-state index < -0.39 is 0 Å². The summed E-state index contributed by atoms with van der Waals surface area (Å²) < 4.78 is 5.20. The maximum atomic E-state index is 9.18. The Labute approximate surface area is 100 Å². The number of hydrogen-bond acceptors (Lipinski definition) is 4. The van der Waals surface area contributed by atoms with Crippen LogP contribution in [0, 0.1) is 0 Å². The van der Waals surface area contributed by atoms with E-state index in [2.05, 4.69) is 24.0 Å². The molecule has 1 unspecified atom stereocenters. The molecule has 0 aliphatic carbocycles. The molecule has 1 heterocycles. The van der Waals surface area contributed by atoms with E-state index in [4.69, 9.17) is 4.52 Å². The predicted molar refractivity (Wildman–Crippen MR) is 63.9 cm³/mol. The quantitative estimate of drug-likeness (QED) is 0.880. The number of benzene rings is 1. The van der Waals surface area contributed by atoms with Gasteiger partial charge in [0, 0.05) is 5.92 Å². The summed E-state index contributed by atoms with van der Waals surface area (Å²) in [5.41, 5.74) is 1.04. The summed E-state index contributed by atoms with van der Waals surface area (Å²) in [6.07, 6.45) is 1.60. The Morgan fingerprint density at radius 2 is 2.00 bits per heavy atom. The fourth-order valence-electron chi connectivity index (χ4n) is 1.51. The van der Waals surface area contributed by atoms with E-state index in [1.54, 1.807) is 12.1 Å². The van der Waals surface area contributed by atoms with Crippen LogP contribution in [0.25, 0.3) is 0 Å². The van der Waals surface area contributed by atoms with Crippen LogP contribution in [-0.2, 0) is 6.42 Å². The third-order valence-electron chi connectivity index (χ3n) is 2.83. The van der Waals surface area contributed by atoms with Crippen LogP contribution in [0.1, 0.15) is 43.5 Å². The number of nitrogens with zero attached hydrogens (tertiary/aromatic N) is 2. The first kappa shape index (κ1) is 11.6. The summed E-state index contributed by atoms with van der Waals surface area (Å²) >= 11 is 0. The fourth-order valence-corrected chi connectivity index (χ4v) is 1.51. The number of phenolic OH excluding ortho intramolecular Hbond substituents is 1. The average molecular weight is 232 g/mol. The first-order chi connectivity index (χ1) is 8.19. The molecule has 1 aromatic carbocycles. The third kappa shape index (κ3) is 2.84. The smallest absolute Gasteiger partial charge is 0.231 e. The van der Waals surface area contributed by atoms with Gasteiger partial charge in [0.2, 0.25) is 5.89 Å². The minimum Gasteiger partial charge on any atom is -0.508 e. The highest BCUT2D eigenvalue weighted by atomic mass is 16.5. The molecule has 0 radical (unpaired) electrons. The van der Waals surface area contributed by atoms with Crippen molar-refractivity contribution in [3.63, 3.8) is 0 Å². The molecule has 0 saturated heterocycles. The molecule has 1 atom stereocenters. The van der Waals surface area contributed by atoms with Gasteiger partial charge in [-0.15, -0.1) is 0 Å². The zero-order valence-electron chi connectivity index (χ0n) is 10.1. The molecule has 90 valence electrons. The fraction of sp³-hybridized carbons (Fsp3) is 0.385. The van der Waals surface area contributed by atoms with Crippen LogP contribution >= 0.6 is 0 Å². The van der Waals surface area contributed by atoms with Gasteiger partial charge in [-0.3, -0.25) is 0 Å². The van der Waals surface area contributed by atoms with E-state index in [1.807, 2.05) is 12.1 Å². The molecule has 0 aliphatic heterocycles. The molecule has 0 spiro atoms. The van der Waals surface area contributed by atoms with Crippen molar-refractivity contribution < 1.29 is 9.63 Å². The van der Waals surface area contributed by atoms with E-state index in [1.165, 1.54) is 0 Å². The van der Waals surface area contributed by atoms with Crippen LogP contribution in [0.15, 0.2) is 28.8 Å². The first-order valence-electron chi connectivity index (χ1n) is 5.79. The Morgan fingerprint density at radius 3 is 2.65 bits per heavy atom. The van der Waals surface area contributed by atoms with Gasteiger partial charge in [-0.2, -0.15) is 4.98 Å². The van der Waals surface area contributed by atoms with Gasteiger partial charge in [-0.1, -0.05) is 31.1 Å². The number of hydrogen-bond donors (Lipinski definition) is 1. The third-order valence-corrected chi connectivity index (χ3v) is 2.83. The van der Waals surface area contributed by atoms with Gasteiger partial charge in [0.1, 0.15) is 5.75 Å². The Morgan fingerprint density at radius 1 is 1.29 bits per heavy atom. The van der Waals surface area contributed by atoms with Crippen molar-refractivity contribution in [2.75, 3.05) is 0 Å². The van der Waals surface area contributed by atoms with Crippen molar-refractivity contribution in [1.82, 2.24) is 10.1 Å². The Kier molecular flexibility index (Phi) is 3.42. The van der Waals surface area contributed by atoms with Gasteiger partial charge in [0.25, 0.3) is 0 Å². The highest BCUT2D eigenvalue weighted by molar-refractivity contribution is 5.27. The van der Waals surface area contributed by atoms with Crippen molar-refractivity contribution >= 4 is 0 Å². The van der Waals surface area contributed by atoms with Crippen molar-refractivity contribution in [3.05, 3.63) is 41.5 Å². The van der Waals surface area contributed by atoms with Crippen LogP contribution in [0.2, 0.25) is 0 Å². The van der Waals surface area contributed by atoms with Crippen LogP contribution in [0.3, 0.4) is 0 Å². The second-order valence-electron chi connectivity index (χ2n) is 4.20. The molecule has 4 nitrogen and oxygen atoms in total.